The molecule has 6 heteroatoms. The molecule has 0 saturated heterocycles. The Kier molecular flexibility index (Phi) is 6.37. The maximum atomic E-state index is 13.3. The molecule has 1 heterocycles. The maximum Gasteiger partial charge on any atom is 0.312 e. The molecule has 2 atom stereocenters. The molecule has 4 rings (SSSR count). The summed E-state index contributed by atoms with van der Waals surface area (Å²) < 4.78 is 0.929. The first-order valence-corrected chi connectivity index (χ1v) is 11.0. The Hall–Kier alpha value is -3.12. The molecular weight excluding hydrogens is 454 g/mol. The van der Waals surface area contributed by atoms with Crippen LogP contribution in [0.2, 0.25) is 0 Å². The fraction of sp³-hybridized carbons (Fsp3) is 0.200. The number of hydrogen-bond acceptors (Lipinski definition) is 2. The minimum atomic E-state index is -0.646. The molecule has 31 heavy (non-hydrogen) atoms. The van der Waals surface area contributed by atoms with E-state index in [9.17, 15) is 9.59 Å². The number of fused-ring (bicyclic) bond motifs is 1. The summed E-state index contributed by atoms with van der Waals surface area (Å²) in [6.45, 7) is 1.16. The van der Waals surface area contributed by atoms with E-state index in [1.807, 2.05) is 59.5 Å². The number of carbonyl (C=O) groups excluding carboxylic acids is 2. The van der Waals surface area contributed by atoms with Gasteiger partial charge in [0.2, 0.25) is 5.91 Å². The van der Waals surface area contributed by atoms with Crippen molar-refractivity contribution in [1.29, 1.82) is 0 Å². The van der Waals surface area contributed by atoms with Gasteiger partial charge in [0, 0.05) is 23.5 Å². The molecule has 3 aromatic carbocycles. The highest BCUT2D eigenvalue weighted by Gasteiger charge is 2.30. The van der Waals surface area contributed by atoms with E-state index in [1.165, 1.54) is 11.1 Å². The fourth-order valence-corrected chi connectivity index (χ4v) is 4.45. The molecule has 0 bridgehead atoms. The van der Waals surface area contributed by atoms with Crippen LogP contribution in [0, 0.1) is 0 Å². The van der Waals surface area contributed by atoms with Gasteiger partial charge in [-0.05, 0) is 34.4 Å². The molecule has 3 aromatic rings. The number of halogens is 1. The first-order chi connectivity index (χ1) is 15.0. The summed E-state index contributed by atoms with van der Waals surface area (Å²) in [7, 11) is 0. The highest BCUT2D eigenvalue weighted by Crippen LogP contribution is 2.34. The van der Waals surface area contributed by atoms with E-state index >= 15 is 0 Å². The van der Waals surface area contributed by atoms with Crippen LogP contribution in [0.5, 0.6) is 0 Å². The lowest BCUT2D eigenvalue weighted by atomic mass is 9.84. The maximum absolute atomic E-state index is 13.3. The molecular formula is C25H24BrN3O2. The second-order valence-electron chi connectivity index (χ2n) is 7.75. The summed E-state index contributed by atoms with van der Waals surface area (Å²) in [5.74, 6) is 0.0995. The number of nitrogens with one attached hydrogen (secondary N) is 1. The van der Waals surface area contributed by atoms with Crippen LogP contribution < -0.4 is 11.1 Å². The van der Waals surface area contributed by atoms with Crippen molar-refractivity contribution < 1.29 is 9.59 Å². The number of urea groups is 1. The highest BCUT2D eigenvalue weighted by atomic mass is 79.9. The number of carbonyl (C=O) groups is 2. The summed E-state index contributed by atoms with van der Waals surface area (Å²) in [6, 6.07) is 25.0. The van der Waals surface area contributed by atoms with Gasteiger partial charge in [-0.25, -0.2) is 4.79 Å². The quantitative estimate of drug-likeness (QED) is 0.557. The molecule has 5 nitrogen and oxygen atoms in total. The Bertz CT molecular complexity index is 1070. The van der Waals surface area contributed by atoms with Crippen molar-refractivity contribution in [3.05, 3.63) is 106 Å². The summed E-state index contributed by atoms with van der Waals surface area (Å²) >= 11 is 3.42. The number of nitrogens with zero attached hydrogens (tertiary/aromatic N) is 1. The van der Waals surface area contributed by atoms with Crippen molar-refractivity contribution in [1.82, 2.24) is 10.2 Å². The van der Waals surface area contributed by atoms with Crippen LogP contribution in [0.3, 0.4) is 0 Å². The number of rotatable bonds is 5. The van der Waals surface area contributed by atoms with Crippen molar-refractivity contribution >= 4 is 27.9 Å². The zero-order valence-electron chi connectivity index (χ0n) is 17.0. The lowest BCUT2D eigenvalue weighted by Gasteiger charge is -2.36. The van der Waals surface area contributed by atoms with E-state index < -0.39 is 12.1 Å². The number of nitrogens with two attached hydrogens (primary N) is 1. The normalized spacial score (nSPS) is 16.3. The van der Waals surface area contributed by atoms with Gasteiger partial charge >= 0.3 is 6.03 Å². The average Bonchev–Trinajstić information content (AvgIpc) is 2.78. The third-order valence-electron chi connectivity index (χ3n) is 5.72. The molecule has 1 aliphatic rings. The fourth-order valence-electron chi connectivity index (χ4n) is 4.19. The smallest absolute Gasteiger partial charge is 0.312 e. The molecule has 158 valence electrons. The van der Waals surface area contributed by atoms with Crippen molar-refractivity contribution in [3.8, 4) is 0 Å². The van der Waals surface area contributed by atoms with Crippen LogP contribution in [-0.4, -0.2) is 23.4 Å². The number of benzene rings is 3. The second-order valence-corrected chi connectivity index (χ2v) is 8.67. The number of amides is 3. The molecule has 0 saturated carbocycles. The highest BCUT2D eigenvalue weighted by molar-refractivity contribution is 9.10. The van der Waals surface area contributed by atoms with Crippen LogP contribution in [0.15, 0.2) is 83.3 Å². The van der Waals surface area contributed by atoms with Crippen molar-refractivity contribution in [2.24, 2.45) is 5.73 Å². The van der Waals surface area contributed by atoms with Crippen molar-refractivity contribution in [2.45, 2.75) is 24.9 Å². The Labute approximate surface area is 190 Å². The van der Waals surface area contributed by atoms with Gasteiger partial charge in [0.1, 0.15) is 0 Å². The Morgan fingerprint density at radius 2 is 1.68 bits per heavy atom. The average molecular weight is 478 g/mol. The van der Waals surface area contributed by atoms with E-state index in [0.717, 1.165) is 15.6 Å². The van der Waals surface area contributed by atoms with Gasteiger partial charge in [0.05, 0.1) is 12.5 Å². The molecule has 0 aliphatic carbocycles. The van der Waals surface area contributed by atoms with Gasteiger partial charge in [-0.1, -0.05) is 82.7 Å². The minimum Gasteiger partial charge on any atom is -0.352 e. The topological polar surface area (TPSA) is 75.4 Å². The molecule has 1 aliphatic heterocycles. The lowest BCUT2D eigenvalue weighted by molar-refractivity contribution is -0.132. The van der Waals surface area contributed by atoms with E-state index in [4.69, 9.17) is 5.73 Å². The summed E-state index contributed by atoms with van der Waals surface area (Å²) in [6.07, 6.45) is 0.147. The van der Waals surface area contributed by atoms with E-state index in [1.54, 1.807) is 0 Å². The van der Waals surface area contributed by atoms with Gasteiger partial charge in [0.15, 0.2) is 0 Å². The molecule has 3 N–H and O–H groups in total. The van der Waals surface area contributed by atoms with Gasteiger partial charge in [0.25, 0.3) is 0 Å². The van der Waals surface area contributed by atoms with Crippen LogP contribution in [0.25, 0.3) is 0 Å². The molecule has 2 unspecified atom stereocenters. The summed E-state index contributed by atoms with van der Waals surface area (Å²) in [4.78, 5) is 26.8. The largest absolute Gasteiger partial charge is 0.352 e. The van der Waals surface area contributed by atoms with Gasteiger partial charge < -0.3 is 16.0 Å². The zero-order valence-corrected chi connectivity index (χ0v) is 18.6. The first-order valence-electron chi connectivity index (χ1n) is 10.2. The van der Waals surface area contributed by atoms with Crippen LogP contribution >= 0.6 is 15.9 Å². The standard InChI is InChI=1S/C25H24BrN3O2/c26-20-12-10-18(11-13-20)23(28-25(27)31)14-24(30)29-15-19-8-4-5-9-21(19)22(16-29)17-6-2-1-3-7-17/h1-13,22-23H,14-16H2,(H3,27,28,31). The third kappa shape index (κ3) is 4.97. The Balaban J connectivity index is 1.58. The predicted molar refractivity (Wildman–Crippen MR) is 124 cm³/mol. The first kappa shape index (κ1) is 21.1. The third-order valence-corrected chi connectivity index (χ3v) is 6.25. The van der Waals surface area contributed by atoms with E-state index in [2.05, 4.69) is 45.5 Å². The summed E-state index contributed by atoms with van der Waals surface area (Å²) in [5, 5.41) is 2.72. The van der Waals surface area contributed by atoms with Gasteiger partial charge in [-0.2, -0.15) is 0 Å². The van der Waals surface area contributed by atoms with Gasteiger partial charge in [-0.15, -0.1) is 0 Å². The molecule has 0 fully saturated rings. The monoisotopic (exact) mass is 477 g/mol. The number of hydrogen-bond donors (Lipinski definition) is 2. The zero-order chi connectivity index (χ0) is 21.8. The van der Waals surface area contributed by atoms with Crippen LogP contribution in [0.1, 0.15) is 40.6 Å². The van der Waals surface area contributed by atoms with Gasteiger partial charge in [-0.3, -0.25) is 4.79 Å². The summed E-state index contributed by atoms with van der Waals surface area (Å²) in [5.41, 5.74) is 9.83. The Morgan fingerprint density at radius 3 is 2.39 bits per heavy atom. The van der Waals surface area contributed by atoms with Crippen LogP contribution in [0.4, 0.5) is 4.79 Å². The van der Waals surface area contributed by atoms with E-state index in [-0.39, 0.29) is 18.2 Å². The van der Waals surface area contributed by atoms with Crippen molar-refractivity contribution in [2.75, 3.05) is 6.54 Å². The lowest BCUT2D eigenvalue weighted by Crippen LogP contribution is -2.41. The molecule has 0 spiro atoms. The SMILES string of the molecule is NC(=O)NC(CC(=O)N1Cc2ccccc2C(c2ccccc2)C1)c1ccc(Br)cc1. The molecule has 0 radical (unpaired) electrons. The minimum absolute atomic E-state index is 0.0166. The van der Waals surface area contributed by atoms with Crippen LogP contribution in [-0.2, 0) is 11.3 Å². The number of primary amides is 1. The Morgan fingerprint density at radius 1 is 1.00 bits per heavy atom. The predicted octanol–water partition coefficient (Wildman–Crippen LogP) is 4.72. The van der Waals surface area contributed by atoms with Crippen molar-refractivity contribution in [3.63, 3.8) is 0 Å². The second kappa shape index (κ2) is 9.35. The van der Waals surface area contributed by atoms with E-state index in [0.29, 0.717) is 13.1 Å². The molecule has 0 aromatic heterocycles. The molecule has 3 amide bonds.